The van der Waals surface area contributed by atoms with Gasteiger partial charge in [0.15, 0.2) is 0 Å². The number of nitrogens with one attached hydrogen (secondary N) is 1. The lowest BCUT2D eigenvalue weighted by molar-refractivity contribution is -0.242. The van der Waals surface area contributed by atoms with Gasteiger partial charge in [-0.1, -0.05) is 30.3 Å². The molecule has 1 atom stereocenters. The summed E-state index contributed by atoms with van der Waals surface area (Å²) in [6.45, 7) is 2.18. The molecule has 2 heterocycles. The zero-order valence-corrected chi connectivity index (χ0v) is 14.9. The van der Waals surface area contributed by atoms with Crippen molar-refractivity contribution in [2.75, 3.05) is 19.7 Å². The molecule has 0 radical (unpaired) electrons. The fraction of sp³-hybridized carbons (Fsp3) is 0.353. The maximum atomic E-state index is 14.2. The van der Waals surface area contributed by atoms with E-state index in [1.54, 1.807) is 41.3 Å². The normalized spacial score (nSPS) is 23.4. The number of ether oxygens (including phenoxy) is 1. The average Bonchev–Trinajstić information content (AvgIpc) is 3.04. The molecular formula is C17H15BrF3N3O. The van der Waals surface area contributed by atoms with Crippen molar-refractivity contribution in [3.63, 3.8) is 0 Å². The first-order valence-electron chi connectivity index (χ1n) is 7.71. The van der Waals surface area contributed by atoms with E-state index in [9.17, 15) is 18.4 Å². The molecule has 1 fully saturated rings. The van der Waals surface area contributed by atoms with Gasteiger partial charge in [-0.25, -0.2) is 0 Å². The molecule has 3 rings (SSSR count). The molecule has 0 spiro atoms. The molecule has 132 valence electrons. The number of fused-ring (bicyclic) bond motifs is 1. The summed E-state index contributed by atoms with van der Waals surface area (Å²) in [6.07, 6.45) is -4.81. The number of benzene rings is 1. The van der Waals surface area contributed by atoms with Gasteiger partial charge in [0.1, 0.15) is 17.5 Å². The Balaban J connectivity index is 2.36. The Labute approximate surface area is 151 Å². The molecule has 1 saturated heterocycles. The molecule has 4 nitrogen and oxygen atoms in total. The van der Waals surface area contributed by atoms with Crippen LogP contribution in [-0.4, -0.2) is 36.4 Å². The summed E-state index contributed by atoms with van der Waals surface area (Å²) in [6, 6.07) is 10.5. The van der Waals surface area contributed by atoms with E-state index in [1.807, 2.05) is 0 Å². The van der Waals surface area contributed by atoms with Crippen LogP contribution in [0.1, 0.15) is 12.5 Å². The summed E-state index contributed by atoms with van der Waals surface area (Å²) >= 11 is 3.15. The number of nitrogens with zero attached hydrogens (tertiary/aromatic N) is 2. The first-order chi connectivity index (χ1) is 11.9. The minimum absolute atomic E-state index is 0.148. The highest BCUT2D eigenvalue weighted by Gasteiger charge is 2.65. The second-order valence-corrected chi connectivity index (χ2v) is 6.35. The Morgan fingerprint density at radius 1 is 1.36 bits per heavy atom. The van der Waals surface area contributed by atoms with Gasteiger partial charge in [-0.15, -0.1) is 0 Å². The highest BCUT2D eigenvalue weighted by Crippen LogP contribution is 2.54. The van der Waals surface area contributed by atoms with Gasteiger partial charge in [-0.05, 0) is 28.4 Å². The molecule has 2 aliphatic heterocycles. The van der Waals surface area contributed by atoms with Crippen molar-refractivity contribution in [3.05, 3.63) is 51.8 Å². The predicted octanol–water partition coefficient (Wildman–Crippen LogP) is 3.74. The fourth-order valence-corrected chi connectivity index (χ4v) is 4.19. The molecular weight excluding hydrogens is 399 g/mol. The molecule has 2 aliphatic rings. The molecule has 0 aliphatic carbocycles. The Morgan fingerprint density at radius 3 is 2.60 bits per heavy atom. The molecule has 1 N–H and O–H groups in total. The molecule has 0 aromatic heterocycles. The van der Waals surface area contributed by atoms with Gasteiger partial charge in [0.2, 0.25) is 5.60 Å². The zero-order chi connectivity index (χ0) is 18.2. The predicted molar refractivity (Wildman–Crippen MR) is 90.0 cm³/mol. The number of hydrogen-bond acceptors (Lipinski definition) is 4. The first-order valence-corrected chi connectivity index (χ1v) is 8.50. The highest BCUT2D eigenvalue weighted by atomic mass is 79.9. The summed E-state index contributed by atoms with van der Waals surface area (Å²) in [5, 5.41) is 12.5. The van der Waals surface area contributed by atoms with Crippen LogP contribution in [-0.2, 0) is 4.74 Å². The lowest BCUT2D eigenvalue weighted by Crippen LogP contribution is -2.54. The number of alkyl halides is 3. The van der Waals surface area contributed by atoms with Gasteiger partial charge < -0.3 is 15.0 Å². The minimum Gasteiger partial charge on any atom is -0.369 e. The quantitative estimate of drug-likeness (QED) is 0.819. The standard InChI is InChI=1S/C17H15BrF3N3O/c1-2-25-16(17(19,20)21)12(10-22)15-23-8-9-24(15)13(14(16)18)11-6-4-3-5-7-11/h3-7,23H,2,8-9H2,1H3. The molecule has 1 aromatic carbocycles. The van der Waals surface area contributed by atoms with Crippen molar-refractivity contribution in [2.24, 2.45) is 0 Å². The van der Waals surface area contributed by atoms with Crippen LogP contribution in [0.2, 0.25) is 0 Å². The van der Waals surface area contributed by atoms with E-state index < -0.39 is 17.4 Å². The van der Waals surface area contributed by atoms with Crippen LogP contribution >= 0.6 is 15.9 Å². The summed E-state index contributed by atoms with van der Waals surface area (Å²) in [4.78, 5) is 1.70. The Kier molecular flexibility index (Phi) is 4.56. The van der Waals surface area contributed by atoms with Crippen LogP contribution in [0, 0.1) is 11.3 Å². The topological polar surface area (TPSA) is 48.3 Å². The van der Waals surface area contributed by atoms with Crippen molar-refractivity contribution in [1.82, 2.24) is 10.2 Å². The van der Waals surface area contributed by atoms with Crippen molar-refractivity contribution in [3.8, 4) is 6.07 Å². The van der Waals surface area contributed by atoms with Gasteiger partial charge in [-0.3, -0.25) is 0 Å². The zero-order valence-electron chi connectivity index (χ0n) is 13.3. The van der Waals surface area contributed by atoms with E-state index in [0.29, 0.717) is 24.4 Å². The van der Waals surface area contributed by atoms with E-state index in [1.165, 1.54) is 6.92 Å². The molecule has 1 aromatic rings. The number of hydrogen-bond donors (Lipinski definition) is 1. The van der Waals surface area contributed by atoms with Crippen LogP contribution < -0.4 is 5.32 Å². The van der Waals surface area contributed by atoms with E-state index in [2.05, 4.69) is 21.2 Å². The summed E-state index contributed by atoms with van der Waals surface area (Å²) < 4.78 is 47.6. The van der Waals surface area contributed by atoms with Gasteiger partial charge in [-0.2, -0.15) is 18.4 Å². The van der Waals surface area contributed by atoms with Crippen molar-refractivity contribution in [1.29, 1.82) is 5.26 Å². The van der Waals surface area contributed by atoms with Crippen molar-refractivity contribution >= 4 is 21.6 Å². The molecule has 25 heavy (non-hydrogen) atoms. The number of halogens is 4. The third-order valence-corrected chi connectivity index (χ3v) is 5.13. The second kappa shape index (κ2) is 6.39. The largest absolute Gasteiger partial charge is 0.427 e. The van der Waals surface area contributed by atoms with Gasteiger partial charge in [0, 0.05) is 19.7 Å². The molecule has 0 saturated carbocycles. The summed E-state index contributed by atoms with van der Waals surface area (Å²) in [5.74, 6) is 0.148. The van der Waals surface area contributed by atoms with E-state index in [0.717, 1.165) is 0 Å². The van der Waals surface area contributed by atoms with Crippen LogP contribution in [0.5, 0.6) is 0 Å². The van der Waals surface area contributed by atoms with Crippen LogP contribution in [0.15, 0.2) is 46.2 Å². The fourth-order valence-electron chi connectivity index (χ4n) is 3.21. The third kappa shape index (κ3) is 2.53. The molecule has 8 heteroatoms. The van der Waals surface area contributed by atoms with Crippen molar-refractivity contribution in [2.45, 2.75) is 18.7 Å². The SMILES string of the molecule is CCOC1(C(F)(F)F)C(Br)=C(c2ccccc2)N2CCNC2=C1C#N. The maximum Gasteiger partial charge on any atom is 0.427 e. The van der Waals surface area contributed by atoms with Crippen LogP contribution in [0.4, 0.5) is 13.2 Å². The minimum atomic E-state index is -4.81. The Hall–Kier alpha value is -1.98. The smallest absolute Gasteiger partial charge is 0.369 e. The van der Waals surface area contributed by atoms with Crippen LogP contribution in [0.3, 0.4) is 0 Å². The average molecular weight is 414 g/mol. The number of nitriles is 1. The molecule has 1 unspecified atom stereocenters. The van der Waals surface area contributed by atoms with E-state index in [-0.39, 0.29) is 16.9 Å². The number of rotatable bonds is 3. The monoisotopic (exact) mass is 413 g/mol. The third-order valence-electron chi connectivity index (χ3n) is 4.19. The van der Waals surface area contributed by atoms with E-state index >= 15 is 0 Å². The van der Waals surface area contributed by atoms with Gasteiger partial charge in [0.25, 0.3) is 0 Å². The second-order valence-electron chi connectivity index (χ2n) is 5.55. The molecule has 0 bridgehead atoms. The van der Waals surface area contributed by atoms with Crippen LogP contribution in [0.25, 0.3) is 5.70 Å². The Bertz CT molecular complexity index is 783. The lowest BCUT2D eigenvalue weighted by atomic mass is 9.87. The molecule has 0 amide bonds. The maximum absolute atomic E-state index is 14.2. The van der Waals surface area contributed by atoms with Gasteiger partial charge in [0.05, 0.1) is 10.2 Å². The van der Waals surface area contributed by atoms with E-state index in [4.69, 9.17) is 4.74 Å². The van der Waals surface area contributed by atoms with Crippen molar-refractivity contribution < 1.29 is 17.9 Å². The summed E-state index contributed by atoms with van der Waals surface area (Å²) in [5.41, 5.74) is -2.35. The first kappa shape index (κ1) is 17.8. The lowest BCUT2D eigenvalue weighted by Gasteiger charge is -2.42. The Morgan fingerprint density at radius 2 is 2.04 bits per heavy atom. The summed E-state index contributed by atoms with van der Waals surface area (Å²) in [7, 11) is 0. The van der Waals surface area contributed by atoms with Gasteiger partial charge >= 0.3 is 6.18 Å². The highest BCUT2D eigenvalue weighted by molar-refractivity contribution is 9.12.